The summed E-state index contributed by atoms with van der Waals surface area (Å²) in [5, 5.41) is 10.1. The molecule has 0 saturated carbocycles. The Kier molecular flexibility index (Phi) is 6.83. The summed E-state index contributed by atoms with van der Waals surface area (Å²) in [6.07, 6.45) is 3.64. The van der Waals surface area contributed by atoms with Crippen LogP contribution in [0, 0.1) is 26.7 Å². The first-order valence-electron chi connectivity index (χ1n) is 12.3. The zero-order chi connectivity index (χ0) is 26.3. The van der Waals surface area contributed by atoms with Gasteiger partial charge in [0.15, 0.2) is 10.2 Å². The van der Waals surface area contributed by atoms with E-state index in [-0.39, 0.29) is 23.9 Å². The van der Waals surface area contributed by atoms with Crippen LogP contribution >= 0.6 is 23.6 Å². The summed E-state index contributed by atoms with van der Waals surface area (Å²) in [6, 6.07) is 14.0. The molecule has 2 N–H and O–H groups in total. The molecule has 0 bridgehead atoms. The lowest BCUT2D eigenvalue weighted by molar-refractivity contribution is -0.118. The highest BCUT2D eigenvalue weighted by Crippen LogP contribution is 2.44. The van der Waals surface area contributed by atoms with Gasteiger partial charge in [-0.2, -0.15) is 0 Å². The number of thiocarbonyl (C=S) groups is 1. The average molecular weight is 531 g/mol. The fourth-order valence-electron chi connectivity index (χ4n) is 4.87. The van der Waals surface area contributed by atoms with Crippen LogP contribution in [0.15, 0.2) is 60.2 Å². The average Bonchev–Trinajstić information content (AvgIpc) is 3.58. The van der Waals surface area contributed by atoms with Gasteiger partial charge in [-0.1, -0.05) is 19.9 Å². The predicted octanol–water partition coefficient (Wildman–Crippen LogP) is 6.03. The lowest BCUT2D eigenvalue weighted by Crippen LogP contribution is -2.29. The first-order chi connectivity index (χ1) is 17.8. The third kappa shape index (κ3) is 4.65. The second-order valence-electron chi connectivity index (χ2n) is 9.62. The minimum Gasteiger partial charge on any atom is -0.351 e. The predicted molar refractivity (Wildman–Crippen MR) is 153 cm³/mol. The standard InChI is InChI=1S/C28H30N6OS2/c1-16(2)26(35)31-22-10-9-20(14-17(22)3)34-25(24(32-27(34)36)23-8-6-7-11-29-23)21-15-18(4)33(19(21)5)28-30-12-13-37-28/h6-16,24-25H,1-5H3,(H,31,35)(H,32,36)/t24-,25+/m1/s1. The van der Waals surface area contributed by atoms with Crippen molar-refractivity contribution in [2.24, 2.45) is 5.92 Å². The van der Waals surface area contributed by atoms with Crippen LogP contribution in [-0.4, -0.2) is 25.6 Å². The molecule has 190 valence electrons. The molecule has 4 aromatic rings. The highest BCUT2D eigenvalue weighted by molar-refractivity contribution is 7.80. The molecular formula is C28H30N6OS2. The molecule has 0 unspecified atom stereocenters. The van der Waals surface area contributed by atoms with Crippen molar-refractivity contribution in [1.82, 2.24) is 19.9 Å². The van der Waals surface area contributed by atoms with Crippen molar-refractivity contribution in [3.63, 3.8) is 0 Å². The van der Waals surface area contributed by atoms with Crippen LogP contribution in [0.1, 0.15) is 54.1 Å². The smallest absolute Gasteiger partial charge is 0.226 e. The molecule has 0 spiro atoms. The van der Waals surface area contributed by atoms with Gasteiger partial charge in [0.2, 0.25) is 5.91 Å². The molecule has 4 heterocycles. The topological polar surface area (TPSA) is 75.1 Å². The van der Waals surface area contributed by atoms with Crippen LogP contribution in [0.5, 0.6) is 0 Å². The third-order valence-corrected chi connectivity index (χ3v) is 7.84. The van der Waals surface area contributed by atoms with E-state index in [4.69, 9.17) is 12.2 Å². The highest BCUT2D eigenvalue weighted by atomic mass is 32.1. The first kappa shape index (κ1) is 25.1. The van der Waals surface area contributed by atoms with E-state index < -0.39 is 0 Å². The van der Waals surface area contributed by atoms with Crippen molar-refractivity contribution in [3.05, 3.63) is 88.4 Å². The minimum atomic E-state index is -0.139. The number of pyridine rings is 1. The van der Waals surface area contributed by atoms with Crippen molar-refractivity contribution >= 4 is 45.9 Å². The van der Waals surface area contributed by atoms with E-state index >= 15 is 0 Å². The van der Waals surface area contributed by atoms with Crippen LogP contribution < -0.4 is 15.5 Å². The number of carbonyl (C=O) groups excluding carboxylic acids is 1. The Hall–Kier alpha value is -3.56. The van der Waals surface area contributed by atoms with Crippen molar-refractivity contribution in [2.75, 3.05) is 10.2 Å². The van der Waals surface area contributed by atoms with Gasteiger partial charge in [-0.25, -0.2) is 4.98 Å². The number of anilines is 2. The molecule has 1 saturated heterocycles. The van der Waals surface area contributed by atoms with Gasteiger partial charge in [0, 0.05) is 46.5 Å². The molecule has 3 aromatic heterocycles. The van der Waals surface area contributed by atoms with Gasteiger partial charge in [0.05, 0.1) is 17.8 Å². The van der Waals surface area contributed by atoms with E-state index in [9.17, 15) is 4.79 Å². The maximum Gasteiger partial charge on any atom is 0.226 e. The first-order valence-corrected chi connectivity index (χ1v) is 13.6. The van der Waals surface area contributed by atoms with E-state index in [1.807, 2.05) is 68.9 Å². The molecule has 2 atom stereocenters. The number of hydrogen-bond acceptors (Lipinski definition) is 5. The quantitative estimate of drug-likeness (QED) is 0.297. The van der Waals surface area contributed by atoms with E-state index in [0.29, 0.717) is 5.11 Å². The van der Waals surface area contributed by atoms with Crippen molar-refractivity contribution in [1.29, 1.82) is 0 Å². The maximum atomic E-state index is 12.3. The zero-order valence-corrected chi connectivity index (χ0v) is 23.2. The van der Waals surface area contributed by atoms with E-state index in [1.54, 1.807) is 11.3 Å². The van der Waals surface area contributed by atoms with Crippen molar-refractivity contribution in [2.45, 2.75) is 46.7 Å². The summed E-state index contributed by atoms with van der Waals surface area (Å²) in [6.45, 7) is 10.0. The van der Waals surface area contributed by atoms with Gasteiger partial charge in [-0.05, 0) is 80.5 Å². The summed E-state index contributed by atoms with van der Waals surface area (Å²) >= 11 is 7.54. The minimum absolute atomic E-state index is 0.00284. The van der Waals surface area contributed by atoms with E-state index in [1.165, 1.54) is 0 Å². The number of aromatic nitrogens is 3. The highest BCUT2D eigenvalue weighted by Gasteiger charge is 2.42. The number of rotatable bonds is 6. The number of nitrogens with zero attached hydrogens (tertiary/aromatic N) is 4. The van der Waals surface area contributed by atoms with Gasteiger partial charge >= 0.3 is 0 Å². The van der Waals surface area contributed by atoms with Crippen molar-refractivity contribution in [3.8, 4) is 5.13 Å². The molecular weight excluding hydrogens is 500 g/mol. The summed E-state index contributed by atoms with van der Waals surface area (Å²) in [7, 11) is 0. The summed E-state index contributed by atoms with van der Waals surface area (Å²) < 4.78 is 2.20. The normalized spacial score (nSPS) is 17.4. The number of aryl methyl sites for hydroxylation is 2. The molecule has 1 fully saturated rings. The van der Waals surface area contributed by atoms with Gasteiger partial charge in [-0.3, -0.25) is 14.3 Å². The molecule has 0 aliphatic carbocycles. The largest absolute Gasteiger partial charge is 0.351 e. The van der Waals surface area contributed by atoms with Crippen LogP contribution in [0.2, 0.25) is 0 Å². The number of amides is 1. The second-order valence-corrected chi connectivity index (χ2v) is 10.9. The van der Waals surface area contributed by atoms with Gasteiger partial charge in [-0.15, -0.1) is 11.3 Å². The van der Waals surface area contributed by atoms with Gasteiger partial charge < -0.3 is 15.5 Å². The second kappa shape index (κ2) is 10.1. The molecule has 37 heavy (non-hydrogen) atoms. The molecule has 0 radical (unpaired) electrons. The van der Waals surface area contributed by atoms with Crippen LogP contribution in [0.4, 0.5) is 11.4 Å². The van der Waals surface area contributed by atoms with Crippen molar-refractivity contribution < 1.29 is 4.79 Å². The zero-order valence-electron chi connectivity index (χ0n) is 21.5. The van der Waals surface area contributed by atoms with Crippen LogP contribution in [0.3, 0.4) is 0 Å². The lowest BCUT2D eigenvalue weighted by atomic mass is 9.96. The Labute approximate surface area is 226 Å². The monoisotopic (exact) mass is 530 g/mol. The Balaban J connectivity index is 1.61. The number of nitrogens with one attached hydrogen (secondary N) is 2. The van der Waals surface area contributed by atoms with Gasteiger partial charge in [0.1, 0.15) is 0 Å². The fourth-order valence-corrected chi connectivity index (χ4v) is 5.97. The van der Waals surface area contributed by atoms with E-state index in [2.05, 4.69) is 56.0 Å². The Morgan fingerprint density at radius 3 is 2.57 bits per heavy atom. The molecule has 1 aliphatic heterocycles. The SMILES string of the molecule is Cc1cc(N2C(=S)N[C@H](c3ccccn3)[C@@H]2c2cc(C)n(-c3nccs3)c2C)ccc1NC(=O)C(C)C. The number of carbonyl (C=O) groups is 1. The fraction of sp³-hybridized carbons (Fsp3) is 0.286. The molecule has 1 amide bonds. The Morgan fingerprint density at radius 1 is 1.11 bits per heavy atom. The maximum absolute atomic E-state index is 12.3. The third-order valence-electron chi connectivity index (χ3n) is 6.77. The van der Waals surface area contributed by atoms with E-state index in [0.717, 1.165) is 44.7 Å². The molecule has 7 nitrogen and oxygen atoms in total. The molecule has 5 rings (SSSR count). The summed E-state index contributed by atoms with van der Waals surface area (Å²) in [5.41, 5.74) is 7.05. The van der Waals surface area contributed by atoms with Gasteiger partial charge in [0.25, 0.3) is 0 Å². The molecule has 1 aromatic carbocycles. The number of hydrogen-bond donors (Lipinski definition) is 2. The summed E-state index contributed by atoms with van der Waals surface area (Å²) in [5.74, 6) is -0.0945. The Bertz CT molecular complexity index is 1450. The summed E-state index contributed by atoms with van der Waals surface area (Å²) in [4.78, 5) is 23.7. The van der Waals surface area contributed by atoms with Crippen LogP contribution in [0.25, 0.3) is 5.13 Å². The van der Waals surface area contributed by atoms with Crippen LogP contribution in [-0.2, 0) is 4.79 Å². The number of benzene rings is 1. The number of thiazole rings is 1. The lowest BCUT2D eigenvalue weighted by Gasteiger charge is -2.28. The Morgan fingerprint density at radius 2 is 1.92 bits per heavy atom. The molecule has 9 heteroatoms. The molecule has 1 aliphatic rings.